The highest BCUT2D eigenvalue weighted by molar-refractivity contribution is 5.44. The van der Waals surface area contributed by atoms with E-state index in [0.717, 1.165) is 24.0 Å². The predicted molar refractivity (Wildman–Crippen MR) is 56.1 cm³/mol. The number of hydrogen-bond acceptors (Lipinski definition) is 3. The first kappa shape index (κ1) is 11.0. The predicted octanol–water partition coefficient (Wildman–Crippen LogP) is 2.30. The van der Waals surface area contributed by atoms with Crippen LogP contribution in [0.4, 0.5) is 4.39 Å². The molecule has 0 aliphatic heterocycles. The van der Waals surface area contributed by atoms with Crippen molar-refractivity contribution in [3.8, 4) is 0 Å². The van der Waals surface area contributed by atoms with Crippen LogP contribution in [0.2, 0.25) is 0 Å². The summed E-state index contributed by atoms with van der Waals surface area (Å²) in [6, 6.07) is 4.49. The Morgan fingerprint density at radius 1 is 1.56 bits per heavy atom. The van der Waals surface area contributed by atoms with E-state index in [2.05, 4.69) is 4.99 Å². The minimum absolute atomic E-state index is 0.304. The Balaban J connectivity index is 2.43. The largest absolute Gasteiger partial charge is 0.380 e. The van der Waals surface area contributed by atoms with Crippen molar-refractivity contribution in [1.29, 1.82) is 0 Å². The van der Waals surface area contributed by atoms with Crippen LogP contribution in [0.3, 0.4) is 0 Å². The van der Waals surface area contributed by atoms with Crippen LogP contribution in [0.1, 0.15) is 24.0 Å². The highest BCUT2D eigenvalue weighted by Crippen LogP contribution is 2.50. The first-order valence-electron chi connectivity index (χ1n) is 5.09. The number of isocyanates is 1. The van der Waals surface area contributed by atoms with E-state index in [-0.39, 0.29) is 5.82 Å². The van der Waals surface area contributed by atoms with Gasteiger partial charge < -0.3 is 4.74 Å². The molecule has 0 unspecified atom stereocenters. The van der Waals surface area contributed by atoms with Crippen molar-refractivity contribution in [3.63, 3.8) is 0 Å². The van der Waals surface area contributed by atoms with Crippen LogP contribution >= 0.6 is 0 Å². The maximum Gasteiger partial charge on any atom is 0.235 e. The highest BCUT2D eigenvalue weighted by atomic mass is 19.1. The lowest BCUT2D eigenvalue weighted by molar-refractivity contribution is 0.183. The number of nitrogens with zero attached hydrogens (tertiary/aromatic N) is 1. The number of hydrogen-bond donors (Lipinski definition) is 0. The topological polar surface area (TPSA) is 38.7 Å². The van der Waals surface area contributed by atoms with Gasteiger partial charge in [-0.2, -0.15) is 4.99 Å². The third-order valence-electron chi connectivity index (χ3n) is 2.85. The van der Waals surface area contributed by atoms with Crippen LogP contribution in [0.25, 0.3) is 0 Å². The third kappa shape index (κ3) is 1.90. The second kappa shape index (κ2) is 4.16. The average Bonchev–Trinajstić information content (AvgIpc) is 3.00. The van der Waals surface area contributed by atoms with Gasteiger partial charge in [-0.05, 0) is 36.1 Å². The lowest BCUT2D eigenvalue weighted by Crippen LogP contribution is -2.08. The van der Waals surface area contributed by atoms with Gasteiger partial charge in [0.2, 0.25) is 6.08 Å². The molecule has 84 valence electrons. The van der Waals surface area contributed by atoms with Crippen molar-refractivity contribution < 1.29 is 13.9 Å². The van der Waals surface area contributed by atoms with Gasteiger partial charge in [0.1, 0.15) is 5.82 Å². The van der Waals surface area contributed by atoms with E-state index in [0.29, 0.717) is 6.61 Å². The Morgan fingerprint density at radius 2 is 2.31 bits per heavy atom. The number of halogens is 1. The van der Waals surface area contributed by atoms with E-state index < -0.39 is 5.54 Å². The first-order valence-corrected chi connectivity index (χ1v) is 5.09. The van der Waals surface area contributed by atoms with Crippen molar-refractivity contribution in [2.75, 3.05) is 7.11 Å². The van der Waals surface area contributed by atoms with E-state index in [1.165, 1.54) is 12.1 Å². The summed E-state index contributed by atoms with van der Waals surface area (Å²) in [4.78, 5) is 14.2. The van der Waals surface area contributed by atoms with Gasteiger partial charge in [0.25, 0.3) is 0 Å². The molecule has 0 N–H and O–H groups in total. The highest BCUT2D eigenvalue weighted by Gasteiger charge is 2.46. The standard InChI is InChI=1S/C12H12FNO2/c1-16-7-9-6-10(13)2-3-11(9)12(4-5-12)14-8-15/h2-3,6H,4-5,7H2,1H3. The molecular weight excluding hydrogens is 209 g/mol. The molecule has 0 atom stereocenters. The normalized spacial score (nSPS) is 16.6. The van der Waals surface area contributed by atoms with Gasteiger partial charge in [-0.1, -0.05) is 6.07 Å². The molecule has 1 fully saturated rings. The number of aliphatic imine (C=N–C) groups is 1. The molecule has 1 aliphatic rings. The van der Waals surface area contributed by atoms with Crippen molar-refractivity contribution in [2.24, 2.45) is 4.99 Å². The van der Waals surface area contributed by atoms with Crippen molar-refractivity contribution >= 4 is 6.08 Å². The Hall–Kier alpha value is -1.51. The smallest absolute Gasteiger partial charge is 0.235 e. The summed E-state index contributed by atoms with van der Waals surface area (Å²) >= 11 is 0. The molecule has 0 spiro atoms. The van der Waals surface area contributed by atoms with Crippen molar-refractivity contribution in [1.82, 2.24) is 0 Å². The summed E-state index contributed by atoms with van der Waals surface area (Å²) in [7, 11) is 1.55. The molecular formula is C12H12FNO2. The van der Waals surface area contributed by atoms with Gasteiger partial charge in [0.15, 0.2) is 0 Å². The second-order valence-electron chi connectivity index (χ2n) is 3.97. The van der Waals surface area contributed by atoms with Crippen LogP contribution in [0.15, 0.2) is 23.2 Å². The molecule has 1 aromatic carbocycles. The Labute approximate surface area is 93.0 Å². The molecule has 2 rings (SSSR count). The van der Waals surface area contributed by atoms with Gasteiger partial charge in [0, 0.05) is 7.11 Å². The molecule has 1 saturated carbocycles. The van der Waals surface area contributed by atoms with E-state index >= 15 is 0 Å². The van der Waals surface area contributed by atoms with Gasteiger partial charge >= 0.3 is 0 Å². The average molecular weight is 221 g/mol. The van der Waals surface area contributed by atoms with Gasteiger partial charge in [0.05, 0.1) is 12.1 Å². The monoisotopic (exact) mass is 221 g/mol. The molecule has 3 nitrogen and oxygen atoms in total. The van der Waals surface area contributed by atoms with Gasteiger partial charge in [-0.3, -0.25) is 0 Å². The Morgan fingerprint density at radius 3 is 2.88 bits per heavy atom. The maximum absolute atomic E-state index is 13.1. The zero-order valence-corrected chi connectivity index (χ0v) is 9.00. The van der Waals surface area contributed by atoms with E-state index in [9.17, 15) is 9.18 Å². The Bertz CT molecular complexity index is 448. The molecule has 0 bridgehead atoms. The summed E-state index contributed by atoms with van der Waals surface area (Å²) in [6.07, 6.45) is 3.21. The van der Waals surface area contributed by atoms with Crippen LogP contribution < -0.4 is 0 Å². The minimum atomic E-state index is -0.469. The molecule has 16 heavy (non-hydrogen) atoms. The molecule has 1 aliphatic carbocycles. The zero-order valence-electron chi connectivity index (χ0n) is 9.00. The molecule has 0 heterocycles. The fraction of sp³-hybridized carbons (Fsp3) is 0.417. The second-order valence-corrected chi connectivity index (χ2v) is 3.97. The van der Waals surface area contributed by atoms with Gasteiger partial charge in [-0.15, -0.1) is 0 Å². The fourth-order valence-corrected chi connectivity index (χ4v) is 1.94. The molecule has 0 saturated heterocycles. The molecule has 0 aromatic heterocycles. The lowest BCUT2D eigenvalue weighted by Gasteiger charge is -2.13. The Kier molecular flexibility index (Phi) is 2.86. The SMILES string of the molecule is COCc1cc(F)ccc1C1(N=C=O)CC1. The van der Waals surface area contributed by atoms with E-state index in [1.54, 1.807) is 19.3 Å². The zero-order chi connectivity index (χ0) is 11.6. The van der Waals surface area contributed by atoms with Crippen molar-refractivity contribution in [2.45, 2.75) is 25.0 Å². The lowest BCUT2D eigenvalue weighted by atomic mass is 9.99. The summed E-state index contributed by atoms with van der Waals surface area (Å²) in [5, 5.41) is 0. The summed E-state index contributed by atoms with van der Waals surface area (Å²) < 4.78 is 18.1. The van der Waals surface area contributed by atoms with Crippen LogP contribution in [-0.4, -0.2) is 13.2 Å². The quantitative estimate of drug-likeness (QED) is 0.578. The van der Waals surface area contributed by atoms with E-state index in [4.69, 9.17) is 4.74 Å². The summed E-state index contributed by atoms with van der Waals surface area (Å²) in [6.45, 7) is 0.323. The van der Waals surface area contributed by atoms with Gasteiger partial charge in [-0.25, -0.2) is 9.18 Å². The molecule has 0 amide bonds. The number of rotatable bonds is 4. The molecule has 0 radical (unpaired) electrons. The minimum Gasteiger partial charge on any atom is -0.380 e. The summed E-state index contributed by atoms with van der Waals surface area (Å²) in [5.41, 5.74) is 1.15. The van der Waals surface area contributed by atoms with Crippen LogP contribution in [0, 0.1) is 5.82 Å². The van der Waals surface area contributed by atoms with E-state index in [1.807, 2.05) is 0 Å². The van der Waals surface area contributed by atoms with Crippen molar-refractivity contribution in [3.05, 3.63) is 35.1 Å². The number of ether oxygens (including phenoxy) is 1. The summed E-state index contributed by atoms with van der Waals surface area (Å²) in [5.74, 6) is -0.304. The maximum atomic E-state index is 13.1. The number of methoxy groups -OCH3 is 1. The van der Waals surface area contributed by atoms with Crippen LogP contribution in [-0.2, 0) is 21.7 Å². The number of carbonyl (C=O) groups excluding carboxylic acids is 1. The fourth-order valence-electron chi connectivity index (χ4n) is 1.94. The van der Waals surface area contributed by atoms with Crippen LogP contribution in [0.5, 0.6) is 0 Å². The molecule has 4 heteroatoms. The first-order chi connectivity index (χ1) is 7.72. The third-order valence-corrected chi connectivity index (χ3v) is 2.85. The molecule has 1 aromatic rings. The number of benzene rings is 1.